The van der Waals surface area contributed by atoms with E-state index in [1.165, 1.54) is 0 Å². The van der Waals surface area contributed by atoms with Crippen LogP contribution < -0.4 is 10.4 Å². The first kappa shape index (κ1) is 17.7. The minimum atomic E-state index is -0.571. The van der Waals surface area contributed by atoms with Crippen molar-refractivity contribution in [2.24, 2.45) is 0 Å². The maximum absolute atomic E-state index is 12.2. The van der Waals surface area contributed by atoms with Crippen LogP contribution in [0.5, 0.6) is 5.75 Å². The van der Waals surface area contributed by atoms with Gasteiger partial charge in [-0.25, -0.2) is 9.59 Å². The van der Waals surface area contributed by atoms with Crippen LogP contribution in [0.2, 0.25) is 0 Å². The molecule has 6 nitrogen and oxygen atoms in total. The zero-order valence-corrected chi connectivity index (χ0v) is 14.8. The zero-order valence-electron chi connectivity index (χ0n) is 14.8. The Kier molecular flexibility index (Phi) is 4.75. The van der Waals surface area contributed by atoms with E-state index in [1.54, 1.807) is 69.4 Å². The summed E-state index contributed by atoms with van der Waals surface area (Å²) in [5.41, 5.74) is 0.254. The average Bonchev–Trinajstić information content (AvgIpc) is 2.58. The molecule has 0 saturated carbocycles. The summed E-state index contributed by atoms with van der Waals surface area (Å²) in [6, 6.07) is 12.1. The minimum Gasteiger partial charge on any atom is -0.482 e. The van der Waals surface area contributed by atoms with E-state index in [1.807, 2.05) is 0 Å². The molecule has 0 aliphatic heterocycles. The molecule has 3 aromatic rings. The molecule has 0 fully saturated rings. The lowest BCUT2D eigenvalue weighted by Crippen LogP contribution is -2.27. The van der Waals surface area contributed by atoms with Crippen molar-refractivity contribution in [2.45, 2.75) is 26.4 Å². The number of esters is 1. The van der Waals surface area contributed by atoms with Gasteiger partial charge in [0.05, 0.1) is 11.3 Å². The molecule has 0 aliphatic carbocycles. The van der Waals surface area contributed by atoms with E-state index < -0.39 is 17.2 Å². The molecular weight excluding hydrogens is 334 g/mol. The second-order valence-corrected chi connectivity index (χ2v) is 6.74. The Bertz CT molecular complexity index is 986. The Morgan fingerprint density at radius 3 is 2.65 bits per heavy atom. The number of aromatic nitrogens is 1. The molecule has 26 heavy (non-hydrogen) atoms. The van der Waals surface area contributed by atoms with Gasteiger partial charge in [-0.3, -0.25) is 4.98 Å². The van der Waals surface area contributed by atoms with Crippen LogP contribution in [-0.4, -0.2) is 23.2 Å². The molecular formula is C20H19NO5. The Balaban J connectivity index is 1.82. The molecule has 0 saturated heterocycles. The van der Waals surface area contributed by atoms with Gasteiger partial charge >= 0.3 is 11.6 Å². The van der Waals surface area contributed by atoms with Crippen molar-refractivity contribution in [1.82, 2.24) is 4.98 Å². The van der Waals surface area contributed by atoms with Crippen molar-refractivity contribution in [2.75, 3.05) is 6.61 Å². The Labute approximate surface area is 150 Å². The Hall–Kier alpha value is -3.15. The lowest BCUT2D eigenvalue weighted by molar-refractivity contribution is -0.157. The predicted molar refractivity (Wildman–Crippen MR) is 97.1 cm³/mol. The summed E-state index contributed by atoms with van der Waals surface area (Å²) >= 11 is 0. The molecule has 1 aromatic carbocycles. The normalized spacial score (nSPS) is 11.3. The van der Waals surface area contributed by atoms with Gasteiger partial charge in [-0.2, -0.15) is 0 Å². The highest BCUT2D eigenvalue weighted by atomic mass is 16.6. The van der Waals surface area contributed by atoms with E-state index in [-0.39, 0.29) is 6.61 Å². The van der Waals surface area contributed by atoms with Crippen LogP contribution in [-0.2, 0) is 9.53 Å². The number of carbonyl (C=O) groups excluding carboxylic acids is 1. The number of hydrogen-bond donors (Lipinski definition) is 0. The van der Waals surface area contributed by atoms with Gasteiger partial charge in [-0.1, -0.05) is 6.07 Å². The monoisotopic (exact) mass is 353 g/mol. The summed E-state index contributed by atoms with van der Waals surface area (Å²) in [5, 5.41) is 0.731. The summed E-state index contributed by atoms with van der Waals surface area (Å²) in [4.78, 5) is 28.1. The number of carbonyl (C=O) groups is 1. The fraction of sp³-hybridized carbons (Fsp3) is 0.250. The molecule has 0 amide bonds. The quantitative estimate of drug-likeness (QED) is 0.527. The first-order valence-corrected chi connectivity index (χ1v) is 8.16. The molecule has 0 atom stereocenters. The fourth-order valence-corrected chi connectivity index (χ4v) is 2.40. The highest BCUT2D eigenvalue weighted by Crippen LogP contribution is 2.23. The average molecular weight is 353 g/mol. The largest absolute Gasteiger partial charge is 0.482 e. The molecule has 2 aromatic heterocycles. The molecule has 0 aliphatic rings. The molecule has 0 spiro atoms. The summed E-state index contributed by atoms with van der Waals surface area (Å²) < 4.78 is 16.0. The van der Waals surface area contributed by atoms with Gasteiger partial charge in [0.1, 0.15) is 16.9 Å². The van der Waals surface area contributed by atoms with Crippen molar-refractivity contribution in [1.29, 1.82) is 0 Å². The molecule has 3 rings (SSSR count). The summed E-state index contributed by atoms with van der Waals surface area (Å²) in [5.74, 6) is -0.0540. The van der Waals surface area contributed by atoms with Crippen molar-refractivity contribution in [3.05, 3.63) is 59.1 Å². The van der Waals surface area contributed by atoms with Crippen LogP contribution in [0.4, 0.5) is 0 Å². The summed E-state index contributed by atoms with van der Waals surface area (Å²) in [7, 11) is 0. The number of ether oxygens (including phenoxy) is 2. The third-order valence-corrected chi connectivity index (χ3v) is 3.42. The van der Waals surface area contributed by atoms with E-state index in [9.17, 15) is 9.59 Å². The van der Waals surface area contributed by atoms with Gasteiger partial charge < -0.3 is 13.9 Å². The Morgan fingerprint density at radius 2 is 1.96 bits per heavy atom. The van der Waals surface area contributed by atoms with E-state index in [4.69, 9.17) is 13.9 Å². The van der Waals surface area contributed by atoms with Crippen LogP contribution in [0.25, 0.3) is 22.2 Å². The Morgan fingerprint density at radius 1 is 1.15 bits per heavy atom. The lowest BCUT2D eigenvalue weighted by Gasteiger charge is -2.19. The van der Waals surface area contributed by atoms with Crippen LogP contribution in [0.15, 0.2) is 57.9 Å². The van der Waals surface area contributed by atoms with Crippen molar-refractivity contribution >= 4 is 16.9 Å². The highest BCUT2D eigenvalue weighted by molar-refractivity contribution is 5.82. The molecule has 134 valence electrons. The third-order valence-electron chi connectivity index (χ3n) is 3.42. The first-order chi connectivity index (χ1) is 12.3. The number of benzene rings is 1. The van der Waals surface area contributed by atoms with Crippen LogP contribution in [0.3, 0.4) is 0 Å². The first-order valence-electron chi connectivity index (χ1n) is 8.16. The third kappa shape index (κ3) is 4.27. The zero-order chi connectivity index (χ0) is 18.7. The lowest BCUT2D eigenvalue weighted by atomic mass is 10.1. The van der Waals surface area contributed by atoms with Gasteiger partial charge in [0.25, 0.3) is 0 Å². The van der Waals surface area contributed by atoms with Crippen LogP contribution >= 0.6 is 0 Å². The number of hydrogen-bond acceptors (Lipinski definition) is 6. The predicted octanol–water partition coefficient (Wildman–Crippen LogP) is 3.58. The van der Waals surface area contributed by atoms with Gasteiger partial charge in [0, 0.05) is 17.6 Å². The molecule has 0 unspecified atom stereocenters. The van der Waals surface area contributed by atoms with Gasteiger partial charge in [0.15, 0.2) is 6.61 Å². The van der Waals surface area contributed by atoms with E-state index in [0.717, 1.165) is 5.39 Å². The molecule has 0 bridgehead atoms. The highest BCUT2D eigenvalue weighted by Gasteiger charge is 2.17. The number of nitrogens with zero attached hydrogens (tertiary/aromatic N) is 1. The van der Waals surface area contributed by atoms with Crippen molar-refractivity contribution in [3.8, 4) is 17.0 Å². The van der Waals surface area contributed by atoms with E-state index in [0.29, 0.717) is 22.6 Å². The fourth-order valence-electron chi connectivity index (χ4n) is 2.40. The van der Waals surface area contributed by atoms with Gasteiger partial charge in [-0.15, -0.1) is 0 Å². The van der Waals surface area contributed by atoms with Crippen molar-refractivity contribution < 1.29 is 18.7 Å². The second-order valence-electron chi connectivity index (χ2n) is 6.74. The maximum atomic E-state index is 12.2. The molecule has 0 radical (unpaired) electrons. The van der Waals surface area contributed by atoms with Crippen LogP contribution in [0, 0.1) is 0 Å². The second kappa shape index (κ2) is 7.00. The number of fused-ring (bicyclic) bond motifs is 1. The topological polar surface area (TPSA) is 78.6 Å². The SMILES string of the molecule is CC(C)(C)OC(=O)COc1ccc2cc(-c3ccccn3)c(=O)oc2c1. The number of pyridine rings is 1. The standard InChI is InChI=1S/C20H19NO5/c1-20(2,3)26-18(22)12-24-14-8-7-13-10-15(16-6-4-5-9-21-16)19(23)25-17(13)11-14/h4-11H,12H2,1-3H3. The summed E-state index contributed by atoms with van der Waals surface area (Å²) in [6.45, 7) is 5.14. The van der Waals surface area contributed by atoms with E-state index in [2.05, 4.69) is 4.98 Å². The minimum absolute atomic E-state index is 0.223. The molecule has 2 heterocycles. The smallest absolute Gasteiger partial charge is 0.345 e. The molecule has 0 N–H and O–H groups in total. The van der Waals surface area contributed by atoms with Gasteiger partial charge in [-0.05, 0) is 51.1 Å². The van der Waals surface area contributed by atoms with E-state index >= 15 is 0 Å². The van der Waals surface area contributed by atoms with Gasteiger partial charge in [0.2, 0.25) is 0 Å². The van der Waals surface area contributed by atoms with Crippen LogP contribution in [0.1, 0.15) is 20.8 Å². The number of rotatable bonds is 4. The molecule has 6 heteroatoms. The van der Waals surface area contributed by atoms with Crippen molar-refractivity contribution in [3.63, 3.8) is 0 Å². The summed E-state index contributed by atoms with van der Waals surface area (Å²) in [6.07, 6.45) is 1.62. The maximum Gasteiger partial charge on any atom is 0.345 e.